The minimum atomic E-state index is 0.143. The maximum absolute atomic E-state index is 11.6. The Morgan fingerprint density at radius 2 is 2.33 bits per heavy atom. The SMILES string of the molecule is CN1C(=O)Cc2cc(-c3nc(CN)cs3)ccc21. The van der Waals surface area contributed by atoms with Crippen molar-refractivity contribution in [3.63, 3.8) is 0 Å². The molecule has 18 heavy (non-hydrogen) atoms. The maximum atomic E-state index is 11.6. The molecule has 1 amide bonds. The Balaban J connectivity index is 2.01. The average molecular weight is 259 g/mol. The van der Waals surface area contributed by atoms with Crippen molar-refractivity contribution < 1.29 is 4.79 Å². The van der Waals surface area contributed by atoms with E-state index in [0.717, 1.165) is 27.5 Å². The number of nitrogens with zero attached hydrogens (tertiary/aromatic N) is 2. The number of fused-ring (bicyclic) bond motifs is 1. The number of hydrogen-bond acceptors (Lipinski definition) is 4. The van der Waals surface area contributed by atoms with Crippen LogP contribution in [0.1, 0.15) is 11.3 Å². The van der Waals surface area contributed by atoms with Gasteiger partial charge in [0.25, 0.3) is 0 Å². The van der Waals surface area contributed by atoms with Gasteiger partial charge in [0.15, 0.2) is 0 Å². The molecule has 0 atom stereocenters. The summed E-state index contributed by atoms with van der Waals surface area (Å²) in [4.78, 5) is 17.8. The quantitative estimate of drug-likeness (QED) is 0.894. The molecule has 0 aliphatic carbocycles. The molecule has 1 aromatic heterocycles. The molecule has 0 fully saturated rings. The summed E-state index contributed by atoms with van der Waals surface area (Å²) in [5, 5.41) is 2.93. The van der Waals surface area contributed by atoms with E-state index >= 15 is 0 Å². The molecule has 3 rings (SSSR count). The molecule has 92 valence electrons. The normalized spacial score (nSPS) is 14.1. The molecule has 0 radical (unpaired) electrons. The van der Waals surface area contributed by atoms with Crippen LogP contribution in [0, 0.1) is 0 Å². The summed E-state index contributed by atoms with van der Waals surface area (Å²) in [7, 11) is 1.81. The minimum absolute atomic E-state index is 0.143. The smallest absolute Gasteiger partial charge is 0.231 e. The van der Waals surface area contributed by atoms with Crippen LogP contribution in [-0.4, -0.2) is 17.9 Å². The van der Waals surface area contributed by atoms with Crippen LogP contribution in [0.2, 0.25) is 0 Å². The van der Waals surface area contributed by atoms with Crippen molar-refractivity contribution in [3.8, 4) is 10.6 Å². The van der Waals surface area contributed by atoms with E-state index in [4.69, 9.17) is 5.73 Å². The number of carbonyl (C=O) groups excluding carboxylic acids is 1. The van der Waals surface area contributed by atoms with Gasteiger partial charge in [-0.3, -0.25) is 4.79 Å². The fourth-order valence-electron chi connectivity index (χ4n) is 2.14. The van der Waals surface area contributed by atoms with Gasteiger partial charge in [-0.25, -0.2) is 4.98 Å². The molecule has 2 heterocycles. The van der Waals surface area contributed by atoms with Gasteiger partial charge in [0, 0.05) is 30.2 Å². The number of benzene rings is 1. The van der Waals surface area contributed by atoms with Crippen LogP contribution >= 0.6 is 11.3 Å². The van der Waals surface area contributed by atoms with Gasteiger partial charge in [-0.2, -0.15) is 0 Å². The third kappa shape index (κ3) is 1.72. The Kier molecular flexibility index (Phi) is 2.65. The zero-order valence-electron chi connectivity index (χ0n) is 10.0. The molecule has 1 aliphatic heterocycles. The molecule has 1 aliphatic rings. The summed E-state index contributed by atoms with van der Waals surface area (Å²) in [6.45, 7) is 0.461. The fraction of sp³-hybridized carbons (Fsp3) is 0.231. The number of amides is 1. The summed E-state index contributed by atoms with van der Waals surface area (Å²) in [6.07, 6.45) is 0.481. The third-order valence-corrected chi connectivity index (χ3v) is 4.10. The Morgan fingerprint density at radius 3 is 3.06 bits per heavy atom. The molecule has 0 unspecified atom stereocenters. The van der Waals surface area contributed by atoms with E-state index in [0.29, 0.717) is 13.0 Å². The first-order chi connectivity index (χ1) is 8.69. The maximum Gasteiger partial charge on any atom is 0.231 e. The molecule has 0 saturated carbocycles. The highest BCUT2D eigenvalue weighted by atomic mass is 32.1. The summed E-state index contributed by atoms with van der Waals surface area (Å²) in [5.74, 6) is 0.143. The van der Waals surface area contributed by atoms with Crippen LogP contribution in [0.15, 0.2) is 23.6 Å². The molecule has 2 N–H and O–H groups in total. The Morgan fingerprint density at radius 1 is 1.50 bits per heavy atom. The van der Waals surface area contributed by atoms with Crippen LogP contribution in [0.4, 0.5) is 5.69 Å². The summed E-state index contributed by atoms with van der Waals surface area (Å²) < 4.78 is 0. The van der Waals surface area contributed by atoms with Gasteiger partial charge in [0.05, 0.1) is 12.1 Å². The number of anilines is 1. The Bertz CT molecular complexity index is 620. The highest BCUT2D eigenvalue weighted by Gasteiger charge is 2.24. The monoisotopic (exact) mass is 259 g/mol. The lowest BCUT2D eigenvalue weighted by Crippen LogP contribution is -2.20. The molecule has 4 nitrogen and oxygen atoms in total. The van der Waals surface area contributed by atoms with Gasteiger partial charge in [-0.15, -0.1) is 11.3 Å². The minimum Gasteiger partial charge on any atom is -0.325 e. The lowest BCUT2D eigenvalue weighted by molar-refractivity contribution is -0.117. The van der Waals surface area contributed by atoms with E-state index in [1.54, 1.807) is 16.2 Å². The van der Waals surface area contributed by atoms with Crippen molar-refractivity contribution in [3.05, 3.63) is 34.8 Å². The van der Waals surface area contributed by atoms with Crippen LogP contribution in [-0.2, 0) is 17.8 Å². The molecule has 5 heteroatoms. The fourth-order valence-corrected chi connectivity index (χ4v) is 2.97. The van der Waals surface area contributed by atoms with Crippen molar-refractivity contribution in [1.82, 2.24) is 4.98 Å². The summed E-state index contributed by atoms with van der Waals surface area (Å²) >= 11 is 1.58. The van der Waals surface area contributed by atoms with E-state index in [9.17, 15) is 4.79 Å². The first kappa shape index (κ1) is 11.4. The molecule has 1 aromatic carbocycles. The van der Waals surface area contributed by atoms with Gasteiger partial charge in [-0.1, -0.05) is 0 Å². The second-order valence-electron chi connectivity index (χ2n) is 4.32. The second kappa shape index (κ2) is 4.19. The topological polar surface area (TPSA) is 59.2 Å². The summed E-state index contributed by atoms with van der Waals surface area (Å²) in [6, 6.07) is 6.04. The van der Waals surface area contributed by atoms with Gasteiger partial charge in [0.1, 0.15) is 5.01 Å². The summed E-state index contributed by atoms with van der Waals surface area (Å²) in [5.41, 5.74) is 9.60. The Hall–Kier alpha value is -1.72. The zero-order valence-corrected chi connectivity index (χ0v) is 10.8. The van der Waals surface area contributed by atoms with Gasteiger partial charge in [-0.05, 0) is 23.8 Å². The third-order valence-electron chi connectivity index (χ3n) is 3.16. The van der Waals surface area contributed by atoms with Crippen molar-refractivity contribution >= 4 is 22.9 Å². The van der Waals surface area contributed by atoms with E-state index in [1.165, 1.54) is 0 Å². The van der Waals surface area contributed by atoms with Crippen LogP contribution < -0.4 is 10.6 Å². The standard InChI is InChI=1S/C13H13N3OS/c1-16-11-3-2-8(4-9(11)5-12(16)17)13-15-10(6-14)7-18-13/h2-4,7H,5-6,14H2,1H3. The van der Waals surface area contributed by atoms with Crippen molar-refractivity contribution in [2.45, 2.75) is 13.0 Å². The lowest BCUT2D eigenvalue weighted by Gasteiger charge is -2.09. The van der Waals surface area contributed by atoms with Crippen LogP contribution in [0.3, 0.4) is 0 Å². The number of nitrogens with two attached hydrogens (primary N) is 1. The average Bonchev–Trinajstić information content (AvgIpc) is 2.95. The molecule has 0 bridgehead atoms. The van der Waals surface area contributed by atoms with Crippen molar-refractivity contribution in [2.24, 2.45) is 5.73 Å². The van der Waals surface area contributed by atoms with E-state index in [1.807, 2.05) is 24.6 Å². The molecule has 2 aromatic rings. The van der Waals surface area contributed by atoms with Crippen LogP contribution in [0.25, 0.3) is 10.6 Å². The highest BCUT2D eigenvalue weighted by Crippen LogP contribution is 2.33. The number of thiazole rings is 1. The lowest BCUT2D eigenvalue weighted by atomic mass is 10.1. The van der Waals surface area contributed by atoms with Gasteiger partial charge in [0.2, 0.25) is 5.91 Å². The zero-order chi connectivity index (χ0) is 12.7. The first-order valence-electron chi connectivity index (χ1n) is 5.73. The Labute approximate surface area is 109 Å². The van der Waals surface area contributed by atoms with E-state index < -0.39 is 0 Å². The van der Waals surface area contributed by atoms with Crippen molar-refractivity contribution in [1.29, 1.82) is 0 Å². The largest absolute Gasteiger partial charge is 0.325 e. The number of likely N-dealkylation sites (N-methyl/N-ethyl adjacent to an activating group) is 1. The second-order valence-corrected chi connectivity index (χ2v) is 5.18. The van der Waals surface area contributed by atoms with Crippen LogP contribution in [0.5, 0.6) is 0 Å². The molecular weight excluding hydrogens is 246 g/mol. The van der Waals surface area contributed by atoms with Gasteiger partial charge < -0.3 is 10.6 Å². The predicted octanol–water partition coefficient (Wildman–Crippen LogP) is 1.79. The van der Waals surface area contributed by atoms with Crippen molar-refractivity contribution in [2.75, 3.05) is 11.9 Å². The number of carbonyl (C=O) groups is 1. The van der Waals surface area contributed by atoms with Gasteiger partial charge >= 0.3 is 0 Å². The molecular formula is C13H13N3OS. The number of hydrogen-bond donors (Lipinski definition) is 1. The predicted molar refractivity (Wildman–Crippen MR) is 72.6 cm³/mol. The highest BCUT2D eigenvalue weighted by molar-refractivity contribution is 7.13. The number of aromatic nitrogens is 1. The first-order valence-corrected chi connectivity index (χ1v) is 6.61. The van der Waals surface area contributed by atoms with E-state index in [-0.39, 0.29) is 5.91 Å². The molecule has 0 saturated heterocycles. The number of rotatable bonds is 2. The van der Waals surface area contributed by atoms with E-state index in [2.05, 4.69) is 11.1 Å². The molecule has 0 spiro atoms.